The molecule has 0 atom stereocenters. The molecule has 128 valence electrons. The van der Waals surface area contributed by atoms with Crippen molar-refractivity contribution in [3.05, 3.63) is 78.4 Å². The highest BCUT2D eigenvalue weighted by atomic mass is 16.3. The van der Waals surface area contributed by atoms with Crippen molar-refractivity contribution in [2.45, 2.75) is 6.92 Å². The molecule has 0 unspecified atom stereocenters. The number of benzene rings is 1. The molecule has 0 saturated carbocycles. The summed E-state index contributed by atoms with van der Waals surface area (Å²) in [5.74, 6) is 1.53. The number of aromatic nitrogens is 3. The van der Waals surface area contributed by atoms with Gasteiger partial charge in [0.2, 0.25) is 5.91 Å². The third-order valence-electron chi connectivity index (χ3n) is 3.83. The molecule has 1 amide bonds. The van der Waals surface area contributed by atoms with Crippen molar-refractivity contribution in [3.8, 4) is 5.82 Å². The van der Waals surface area contributed by atoms with Gasteiger partial charge in [-0.25, -0.2) is 4.98 Å². The zero-order valence-corrected chi connectivity index (χ0v) is 14.1. The third-order valence-corrected chi connectivity index (χ3v) is 3.83. The van der Waals surface area contributed by atoms with Gasteiger partial charge in [0.15, 0.2) is 5.82 Å². The summed E-state index contributed by atoms with van der Waals surface area (Å²) in [6.07, 6.45) is 4.58. The largest absolute Gasteiger partial charge is 0.465 e. The predicted octanol–water partition coefficient (Wildman–Crippen LogP) is 3.97. The highest BCUT2D eigenvalue weighted by molar-refractivity contribution is 6.01. The first-order valence-corrected chi connectivity index (χ1v) is 8.14. The van der Waals surface area contributed by atoms with Crippen LogP contribution in [0.1, 0.15) is 11.5 Å². The number of furan rings is 1. The number of hydrogen-bond acceptors (Lipinski definition) is 4. The van der Waals surface area contributed by atoms with Crippen molar-refractivity contribution in [3.63, 3.8) is 0 Å². The molecule has 0 aliphatic carbocycles. The van der Waals surface area contributed by atoms with Gasteiger partial charge >= 0.3 is 0 Å². The summed E-state index contributed by atoms with van der Waals surface area (Å²) >= 11 is 0. The lowest BCUT2D eigenvalue weighted by Crippen LogP contribution is -2.13. The summed E-state index contributed by atoms with van der Waals surface area (Å²) in [5, 5.41) is 8.33. The molecule has 0 bridgehead atoms. The minimum atomic E-state index is -0.275. The molecule has 0 radical (unpaired) electrons. The van der Waals surface area contributed by atoms with E-state index in [1.165, 1.54) is 6.08 Å². The molecule has 0 aliphatic heterocycles. The van der Waals surface area contributed by atoms with Gasteiger partial charge in [-0.1, -0.05) is 18.2 Å². The lowest BCUT2D eigenvalue weighted by Gasteiger charge is -2.07. The minimum absolute atomic E-state index is 0.275. The first kappa shape index (κ1) is 15.8. The molecule has 26 heavy (non-hydrogen) atoms. The van der Waals surface area contributed by atoms with Crippen LogP contribution < -0.4 is 5.32 Å². The lowest BCUT2D eigenvalue weighted by atomic mass is 10.2. The standard InChI is InChI=1S/C20H16N4O2/c1-14-13-19(22-20(25)11-9-16-6-4-12-26-16)24(23-14)18-10-8-15-5-2-3-7-17(15)21-18/h2-13H,1H3,(H,22,25)/b11-9+. The average Bonchev–Trinajstić information content (AvgIpc) is 3.29. The summed E-state index contributed by atoms with van der Waals surface area (Å²) in [4.78, 5) is 16.8. The maximum absolute atomic E-state index is 12.2. The molecule has 3 heterocycles. The van der Waals surface area contributed by atoms with Gasteiger partial charge in [-0.3, -0.25) is 4.79 Å². The van der Waals surface area contributed by atoms with Crippen LogP contribution in [0.2, 0.25) is 0 Å². The van der Waals surface area contributed by atoms with Gasteiger partial charge in [0, 0.05) is 17.5 Å². The summed E-state index contributed by atoms with van der Waals surface area (Å²) in [6, 6.07) is 17.1. The fourth-order valence-corrected chi connectivity index (χ4v) is 2.65. The van der Waals surface area contributed by atoms with Crippen LogP contribution in [0.15, 0.2) is 71.4 Å². The normalized spacial score (nSPS) is 11.3. The molecule has 6 nitrogen and oxygen atoms in total. The highest BCUT2D eigenvalue weighted by Crippen LogP contribution is 2.19. The maximum Gasteiger partial charge on any atom is 0.249 e. The van der Waals surface area contributed by atoms with E-state index in [-0.39, 0.29) is 5.91 Å². The fourth-order valence-electron chi connectivity index (χ4n) is 2.65. The van der Waals surface area contributed by atoms with Crippen LogP contribution in [0.3, 0.4) is 0 Å². The summed E-state index contributed by atoms with van der Waals surface area (Å²) in [7, 11) is 0. The number of hydrogen-bond donors (Lipinski definition) is 1. The van der Waals surface area contributed by atoms with Gasteiger partial charge in [-0.15, -0.1) is 0 Å². The van der Waals surface area contributed by atoms with Crippen LogP contribution in [0.5, 0.6) is 0 Å². The average molecular weight is 344 g/mol. The van der Waals surface area contributed by atoms with Gasteiger partial charge in [0.1, 0.15) is 11.6 Å². The van der Waals surface area contributed by atoms with Crippen LogP contribution in [-0.4, -0.2) is 20.7 Å². The van der Waals surface area contributed by atoms with Crippen molar-refractivity contribution in [1.82, 2.24) is 14.8 Å². The molecule has 1 N–H and O–H groups in total. The summed E-state index contributed by atoms with van der Waals surface area (Å²) in [6.45, 7) is 1.87. The molecule has 0 saturated heterocycles. The zero-order chi connectivity index (χ0) is 17.9. The predicted molar refractivity (Wildman–Crippen MR) is 100.0 cm³/mol. The van der Waals surface area contributed by atoms with E-state index >= 15 is 0 Å². The number of carbonyl (C=O) groups is 1. The Morgan fingerprint density at radius 3 is 2.88 bits per heavy atom. The van der Waals surface area contributed by atoms with Crippen molar-refractivity contribution in [2.24, 2.45) is 0 Å². The second kappa shape index (κ2) is 6.68. The molecule has 3 aromatic heterocycles. The Bertz CT molecular complexity index is 1090. The van der Waals surface area contributed by atoms with Crippen LogP contribution >= 0.6 is 0 Å². The molecular weight excluding hydrogens is 328 g/mol. The Morgan fingerprint density at radius 1 is 1.15 bits per heavy atom. The van der Waals surface area contributed by atoms with E-state index in [0.717, 1.165) is 16.6 Å². The summed E-state index contributed by atoms with van der Waals surface area (Å²) < 4.78 is 6.80. The molecule has 0 aliphatic rings. The fraction of sp³-hybridized carbons (Fsp3) is 0.0500. The number of rotatable bonds is 4. The third kappa shape index (κ3) is 3.25. The summed E-state index contributed by atoms with van der Waals surface area (Å²) in [5.41, 5.74) is 1.65. The Kier molecular flexibility index (Phi) is 4.07. The molecule has 0 fully saturated rings. The molecule has 1 aromatic carbocycles. The highest BCUT2D eigenvalue weighted by Gasteiger charge is 2.11. The molecule has 0 spiro atoms. The van der Waals surface area contributed by atoms with Crippen LogP contribution in [0.4, 0.5) is 5.82 Å². The first-order valence-electron chi connectivity index (χ1n) is 8.14. The Labute approximate surface area is 149 Å². The van der Waals surface area contributed by atoms with Gasteiger partial charge in [0.25, 0.3) is 0 Å². The molecular formula is C20H16N4O2. The van der Waals surface area contributed by atoms with Gasteiger partial charge in [-0.2, -0.15) is 9.78 Å². The van der Waals surface area contributed by atoms with Gasteiger partial charge in [0.05, 0.1) is 17.5 Å². The van der Waals surface area contributed by atoms with E-state index in [1.807, 2.05) is 43.3 Å². The van der Waals surface area contributed by atoms with Crippen molar-refractivity contribution in [2.75, 3.05) is 5.32 Å². The molecule has 6 heteroatoms. The molecule has 4 rings (SSSR count). The number of pyridine rings is 1. The number of nitrogens with one attached hydrogen (secondary N) is 1. The Balaban J connectivity index is 1.62. The van der Waals surface area contributed by atoms with E-state index in [4.69, 9.17) is 4.42 Å². The topological polar surface area (TPSA) is 73.0 Å². The quantitative estimate of drug-likeness (QED) is 0.569. The van der Waals surface area contributed by atoms with Gasteiger partial charge in [-0.05, 0) is 43.3 Å². The van der Waals surface area contributed by atoms with Crippen LogP contribution in [-0.2, 0) is 4.79 Å². The smallest absolute Gasteiger partial charge is 0.249 e. The van der Waals surface area contributed by atoms with E-state index in [2.05, 4.69) is 15.4 Å². The van der Waals surface area contributed by atoms with E-state index < -0.39 is 0 Å². The Hall–Kier alpha value is -3.67. The number of fused-ring (bicyclic) bond motifs is 1. The number of anilines is 1. The van der Waals surface area contributed by atoms with E-state index in [0.29, 0.717) is 17.4 Å². The number of carbonyl (C=O) groups excluding carboxylic acids is 1. The van der Waals surface area contributed by atoms with Crippen molar-refractivity contribution in [1.29, 1.82) is 0 Å². The zero-order valence-electron chi connectivity index (χ0n) is 14.1. The first-order chi connectivity index (χ1) is 12.7. The SMILES string of the molecule is Cc1cc(NC(=O)/C=C/c2ccco2)n(-c2ccc3ccccc3n2)n1. The van der Waals surface area contributed by atoms with E-state index in [1.54, 1.807) is 35.2 Å². The van der Waals surface area contributed by atoms with Gasteiger partial charge < -0.3 is 9.73 Å². The minimum Gasteiger partial charge on any atom is -0.465 e. The monoisotopic (exact) mass is 344 g/mol. The Morgan fingerprint density at radius 2 is 2.04 bits per heavy atom. The van der Waals surface area contributed by atoms with E-state index in [9.17, 15) is 4.79 Å². The van der Waals surface area contributed by atoms with Crippen LogP contribution in [0.25, 0.3) is 22.8 Å². The second-order valence-corrected chi connectivity index (χ2v) is 5.78. The maximum atomic E-state index is 12.2. The van der Waals surface area contributed by atoms with Crippen LogP contribution in [0, 0.1) is 6.92 Å². The number of aryl methyl sites for hydroxylation is 1. The van der Waals surface area contributed by atoms with Crippen molar-refractivity contribution < 1.29 is 9.21 Å². The number of nitrogens with zero attached hydrogens (tertiary/aromatic N) is 3. The lowest BCUT2D eigenvalue weighted by molar-refractivity contribution is -0.111. The molecule has 4 aromatic rings. The van der Waals surface area contributed by atoms with Crippen molar-refractivity contribution >= 4 is 28.7 Å². The number of para-hydroxylation sites is 1. The number of amides is 1. The second-order valence-electron chi connectivity index (χ2n) is 5.78.